The van der Waals surface area contributed by atoms with Crippen LogP contribution in [0.5, 0.6) is 0 Å². The van der Waals surface area contributed by atoms with Crippen LogP contribution in [0.4, 0.5) is 23.7 Å². The zero-order valence-corrected chi connectivity index (χ0v) is 10.7. The van der Waals surface area contributed by atoms with Crippen LogP contribution in [0.1, 0.15) is 12.5 Å². The van der Waals surface area contributed by atoms with Gasteiger partial charge in [0.05, 0.1) is 5.56 Å². The Morgan fingerprint density at radius 1 is 1.47 bits per heavy atom. The summed E-state index contributed by atoms with van der Waals surface area (Å²) in [5.41, 5.74) is 4.82. The van der Waals surface area contributed by atoms with Crippen LogP contribution in [0, 0.1) is 0 Å². The molecule has 0 heterocycles. The molecule has 4 nitrogen and oxygen atoms in total. The molecule has 0 aromatic heterocycles. The lowest BCUT2D eigenvalue weighted by Crippen LogP contribution is -2.39. The molecule has 19 heavy (non-hydrogen) atoms. The molecule has 0 aliphatic carbocycles. The lowest BCUT2D eigenvalue weighted by molar-refractivity contribution is -0.137. The minimum Gasteiger partial charge on any atom is -0.326 e. The predicted molar refractivity (Wildman–Crippen MR) is 66.7 cm³/mol. The third kappa shape index (κ3) is 4.78. The second kappa shape index (κ2) is 5.92. The number of hydrogen-bond acceptors (Lipinski definition) is 2. The molecular weight excluding hydrogens is 259 g/mol. The summed E-state index contributed by atoms with van der Waals surface area (Å²) in [7, 11) is 1.52. The Bertz CT molecular complexity index is 446. The van der Waals surface area contributed by atoms with Crippen LogP contribution in [0.15, 0.2) is 24.3 Å². The van der Waals surface area contributed by atoms with Crippen LogP contribution >= 0.6 is 0 Å². The second-order valence-electron chi connectivity index (χ2n) is 4.37. The fourth-order valence-electron chi connectivity index (χ4n) is 1.51. The van der Waals surface area contributed by atoms with Gasteiger partial charge in [-0.15, -0.1) is 0 Å². The molecule has 1 atom stereocenters. The molecule has 0 spiro atoms. The van der Waals surface area contributed by atoms with E-state index in [0.29, 0.717) is 6.54 Å². The first-order valence-corrected chi connectivity index (χ1v) is 5.65. The molecule has 2 amide bonds. The Hall–Kier alpha value is -1.76. The zero-order chi connectivity index (χ0) is 14.6. The van der Waals surface area contributed by atoms with Gasteiger partial charge in [0.15, 0.2) is 0 Å². The van der Waals surface area contributed by atoms with Gasteiger partial charge >= 0.3 is 12.2 Å². The molecule has 0 aliphatic rings. The predicted octanol–water partition coefficient (Wildman–Crippen LogP) is 2.52. The molecule has 1 unspecified atom stereocenters. The number of likely N-dealkylation sites (N-methyl/N-ethyl adjacent to an activating group) is 1. The number of amides is 2. The number of alkyl halides is 3. The lowest BCUT2D eigenvalue weighted by atomic mass is 10.2. The van der Waals surface area contributed by atoms with Crippen molar-refractivity contribution in [3.05, 3.63) is 29.8 Å². The summed E-state index contributed by atoms with van der Waals surface area (Å²) in [5, 5.41) is 2.39. The number of benzene rings is 1. The summed E-state index contributed by atoms with van der Waals surface area (Å²) < 4.78 is 37.5. The number of rotatable bonds is 3. The summed E-state index contributed by atoms with van der Waals surface area (Å²) in [6.45, 7) is 2.04. The number of nitrogens with one attached hydrogen (secondary N) is 1. The molecular formula is C12H16F3N3O. The Labute approximate surface area is 109 Å². The Morgan fingerprint density at radius 2 is 2.11 bits per heavy atom. The van der Waals surface area contributed by atoms with E-state index in [2.05, 4.69) is 5.32 Å². The standard InChI is InChI=1S/C12H16F3N3O/c1-8(16)7-18(2)11(19)17-10-5-3-4-9(6-10)12(13,14)15/h3-6,8H,7,16H2,1-2H3,(H,17,19). The number of urea groups is 1. The number of halogens is 3. The van der Waals surface area contributed by atoms with Gasteiger partial charge in [0.1, 0.15) is 0 Å². The molecule has 1 aromatic carbocycles. The molecule has 0 saturated carbocycles. The van der Waals surface area contributed by atoms with E-state index in [-0.39, 0.29) is 11.7 Å². The molecule has 7 heteroatoms. The van der Waals surface area contributed by atoms with Crippen molar-refractivity contribution in [3.63, 3.8) is 0 Å². The maximum atomic E-state index is 12.5. The summed E-state index contributed by atoms with van der Waals surface area (Å²) >= 11 is 0. The first kappa shape index (κ1) is 15.3. The van der Waals surface area contributed by atoms with Gasteiger partial charge in [0, 0.05) is 25.3 Å². The van der Waals surface area contributed by atoms with Gasteiger partial charge in [-0.2, -0.15) is 13.2 Å². The lowest BCUT2D eigenvalue weighted by Gasteiger charge is -2.20. The van der Waals surface area contributed by atoms with Gasteiger partial charge in [-0.05, 0) is 25.1 Å². The fraction of sp³-hybridized carbons (Fsp3) is 0.417. The van der Waals surface area contributed by atoms with Crippen molar-refractivity contribution < 1.29 is 18.0 Å². The molecule has 0 aliphatic heterocycles. The van der Waals surface area contributed by atoms with Gasteiger partial charge in [0.25, 0.3) is 0 Å². The van der Waals surface area contributed by atoms with Gasteiger partial charge < -0.3 is 16.0 Å². The van der Waals surface area contributed by atoms with Crippen LogP contribution in [-0.4, -0.2) is 30.6 Å². The largest absolute Gasteiger partial charge is 0.416 e. The fourth-order valence-corrected chi connectivity index (χ4v) is 1.51. The van der Waals surface area contributed by atoms with Crippen molar-refractivity contribution in [1.82, 2.24) is 4.90 Å². The van der Waals surface area contributed by atoms with E-state index in [0.717, 1.165) is 12.1 Å². The average molecular weight is 275 g/mol. The van der Waals surface area contributed by atoms with E-state index in [9.17, 15) is 18.0 Å². The molecule has 1 rings (SSSR count). The molecule has 0 saturated heterocycles. The van der Waals surface area contributed by atoms with E-state index < -0.39 is 17.8 Å². The minimum atomic E-state index is -4.43. The summed E-state index contributed by atoms with van der Waals surface area (Å²) in [6, 6.07) is 3.75. The van der Waals surface area contributed by atoms with Crippen molar-refractivity contribution in [1.29, 1.82) is 0 Å². The van der Waals surface area contributed by atoms with Gasteiger partial charge in [-0.25, -0.2) is 4.79 Å². The highest BCUT2D eigenvalue weighted by Gasteiger charge is 2.30. The van der Waals surface area contributed by atoms with Crippen molar-refractivity contribution in [2.75, 3.05) is 18.9 Å². The molecule has 1 aromatic rings. The highest BCUT2D eigenvalue weighted by atomic mass is 19.4. The molecule has 0 radical (unpaired) electrons. The number of nitrogens with two attached hydrogens (primary N) is 1. The summed E-state index contributed by atoms with van der Waals surface area (Å²) in [5.74, 6) is 0. The number of carbonyl (C=O) groups excluding carboxylic acids is 1. The number of hydrogen-bond donors (Lipinski definition) is 2. The molecule has 3 N–H and O–H groups in total. The first-order valence-electron chi connectivity index (χ1n) is 5.65. The first-order chi connectivity index (χ1) is 8.70. The Kier molecular flexibility index (Phi) is 4.77. The SMILES string of the molecule is CC(N)CN(C)C(=O)Nc1cccc(C(F)(F)F)c1. The topological polar surface area (TPSA) is 58.4 Å². The Balaban J connectivity index is 2.75. The highest BCUT2D eigenvalue weighted by molar-refractivity contribution is 5.89. The monoisotopic (exact) mass is 275 g/mol. The van der Waals surface area contributed by atoms with Gasteiger partial charge in [0.2, 0.25) is 0 Å². The third-order valence-electron chi connectivity index (χ3n) is 2.35. The van der Waals surface area contributed by atoms with Crippen LogP contribution < -0.4 is 11.1 Å². The molecule has 0 fully saturated rings. The van der Waals surface area contributed by atoms with Crippen molar-refractivity contribution in [3.8, 4) is 0 Å². The smallest absolute Gasteiger partial charge is 0.326 e. The van der Waals surface area contributed by atoms with Crippen LogP contribution in [0.3, 0.4) is 0 Å². The number of anilines is 1. The molecule has 0 bridgehead atoms. The van der Waals surface area contributed by atoms with E-state index in [1.165, 1.54) is 24.1 Å². The minimum absolute atomic E-state index is 0.0938. The third-order valence-corrected chi connectivity index (χ3v) is 2.35. The molecule has 106 valence electrons. The maximum absolute atomic E-state index is 12.5. The van der Waals surface area contributed by atoms with E-state index >= 15 is 0 Å². The summed E-state index contributed by atoms with van der Waals surface area (Å²) in [4.78, 5) is 13.0. The van der Waals surface area contributed by atoms with E-state index in [1.807, 2.05) is 0 Å². The van der Waals surface area contributed by atoms with Crippen molar-refractivity contribution in [2.45, 2.75) is 19.1 Å². The van der Waals surface area contributed by atoms with Gasteiger partial charge in [-0.3, -0.25) is 0 Å². The van der Waals surface area contributed by atoms with Crippen LogP contribution in [-0.2, 0) is 6.18 Å². The van der Waals surface area contributed by atoms with Crippen LogP contribution in [0.25, 0.3) is 0 Å². The quantitative estimate of drug-likeness (QED) is 0.890. The average Bonchev–Trinajstić information content (AvgIpc) is 2.27. The highest BCUT2D eigenvalue weighted by Crippen LogP contribution is 2.30. The van der Waals surface area contributed by atoms with E-state index in [4.69, 9.17) is 5.73 Å². The second-order valence-corrected chi connectivity index (χ2v) is 4.37. The number of nitrogens with zero attached hydrogens (tertiary/aromatic N) is 1. The normalized spacial score (nSPS) is 12.9. The maximum Gasteiger partial charge on any atom is 0.416 e. The van der Waals surface area contributed by atoms with E-state index in [1.54, 1.807) is 6.92 Å². The van der Waals surface area contributed by atoms with Crippen LogP contribution in [0.2, 0.25) is 0 Å². The van der Waals surface area contributed by atoms with Crippen molar-refractivity contribution >= 4 is 11.7 Å². The Morgan fingerprint density at radius 3 is 2.63 bits per heavy atom. The number of carbonyl (C=O) groups is 1. The van der Waals surface area contributed by atoms with Gasteiger partial charge in [-0.1, -0.05) is 6.07 Å². The van der Waals surface area contributed by atoms with Crippen molar-refractivity contribution in [2.24, 2.45) is 5.73 Å². The zero-order valence-electron chi connectivity index (χ0n) is 10.7. The summed E-state index contributed by atoms with van der Waals surface area (Å²) in [6.07, 6.45) is -4.43.